The molecule has 1 rings (SSSR count). The lowest BCUT2D eigenvalue weighted by atomic mass is 10.1. The van der Waals surface area contributed by atoms with E-state index in [2.05, 4.69) is 19.3 Å². The van der Waals surface area contributed by atoms with Crippen LogP contribution in [0.25, 0.3) is 0 Å². The number of nitro benzene ring substituents is 1. The second-order valence-electron chi connectivity index (χ2n) is 5.01. The Hall–Kier alpha value is -2.15. The van der Waals surface area contributed by atoms with Gasteiger partial charge in [-0.1, -0.05) is 19.9 Å². The van der Waals surface area contributed by atoms with E-state index in [1.807, 2.05) is 0 Å². The molecule has 20 heavy (non-hydrogen) atoms. The second kappa shape index (κ2) is 6.85. The van der Waals surface area contributed by atoms with Crippen LogP contribution in [0.4, 0.5) is 11.4 Å². The van der Waals surface area contributed by atoms with E-state index in [0.29, 0.717) is 12.5 Å². The summed E-state index contributed by atoms with van der Waals surface area (Å²) in [5.41, 5.74) is 2.12. The number of anilines is 1. The molecule has 0 heterocycles. The van der Waals surface area contributed by atoms with Crippen LogP contribution in [-0.2, 0) is 0 Å². The maximum atomic E-state index is 12.3. The molecule has 1 amide bonds. The molecule has 110 valence electrons. The highest BCUT2D eigenvalue weighted by Crippen LogP contribution is 2.28. The van der Waals surface area contributed by atoms with Gasteiger partial charge >= 0.3 is 5.69 Å². The summed E-state index contributed by atoms with van der Waals surface area (Å²) in [6.45, 7) is 4.66. The van der Waals surface area contributed by atoms with Crippen molar-refractivity contribution in [2.75, 3.05) is 19.0 Å². The van der Waals surface area contributed by atoms with E-state index in [4.69, 9.17) is 5.84 Å². The number of nitrogens with one attached hydrogen (secondary N) is 1. The monoisotopic (exact) mass is 280 g/mol. The van der Waals surface area contributed by atoms with Gasteiger partial charge in [0.25, 0.3) is 5.91 Å². The number of carbonyl (C=O) groups excluding carboxylic acids is 1. The normalized spacial score (nSPS) is 10.4. The largest absolute Gasteiger partial charge is 0.341 e. The van der Waals surface area contributed by atoms with Crippen molar-refractivity contribution in [3.05, 3.63) is 33.9 Å². The number of hydrazine groups is 1. The Labute approximate surface area is 117 Å². The first kappa shape index (κ1) is 15.9. The lowest BCUT2D eigenvalue weighted by molar-refractivity contribution is -0.384. The number of nitro groups is 1. The minimum absolute atomic E-state index is 0.0386. The molecule has 0 saturated heterocycles. The van der Waals surface area contributed by atoms with Gasteiger partial charge in [0.2, 0.25) is 0 Å². The van der Waals surface area contributed by atoms with E-state index in [1.165, 1.54) is 17.0 Å². The first-order chi connectivity index (χ1) is 9.38. The van der Waals surface area contributed by atoms with Crippen LogP contribution in [0.2, 0.25) is 0 Å². The van der Waals surface area contributed by atoms with E-state index >= 15 is 0 Å². The first-order valence-corrected chi connectivity index (χ1v) is 6.38. The third kappa shape index (κ3) is 3.67. The Morgan fingerprint density at radius 2 is 2.15 bits per heavy atom. The third-order valence-corrected chi connectivity index (χ3v) is 2.99. The molecular formula is C13H20N4O3. The maximum Gasteiger partial charge on any atom is 0.306 e. The minimum Gasteiger partial charge on any atom is -0.341 e. The van der Waals surface area contributed by atoms with Gasteiger partial charge in [0.05, 0.1) is 4.92 Å². The average Bonchev–Trinajstić information content (AvgIpc) is 2.42. The van der Waals surface area contributed by atoms with Gasteiger partial charge in [0.15, 0.2) is 0 Å². The molecule has 0 unspecified atom stereocenters. The number of nitrogens with zero attached hydrogens (tertiary/aromatic N) is 2. The molecule has 7 nitrogen and oxygen atoms in total. The lowest BCUT2D eigenvalue weighted by Crippen LogP contribution is -2.29. The molecule has 0 fully saturated rings. The molecule has 0 aliphatic heterocycles. The molecule has 0 spiro atoms. The van der Waals surface area contributed by atoms with Crippen LogP contribution in [0, 0.1) is 16.0 Å². The number of amides is 1. The Morgan fingerprint density at radius 3 is 2.65 bits per heavy atom. The van der Waals surface area contributed by atoms with Gasteiger partial charge < -0.3 is 10.3 Å². The van der Waals surface area contributed by atoms with Crippen molar-refractivity contribution >= 4 is 17.3 Å². The van der Waals surface area contributed by atoms with Crippen LogP contribution in [0.5, 0.6) is 0 Å². The number of hydrogen-bond acceptors (Lipinski definition) is 5. The van der Waals surface area contributed by atoms with Gasteiger partial charge in [-0.3, -0.25) is 20.8 Å². The molecule has 3 N–H and O–H groups in total. The van der Waals surface area contributed by atoms with Crippen LogP contribution >= 0.6 is 0 Å². The van der Waals surface area contributed by atoms with E-state index < -0.39 is 4.92 Å². The zero-order valence-electron chi connectivity index (χ0n) is 11.9. The van der Waals surface area contributed by atoms with Crippen LogP contribution in [-0.4, -0.2) is 29.3 Å². The summed E-state index contributed by atoms with van der Waals surface area (Å²) >= 11 is 0. The smallest absolute Gasteiger partial charge is 0.306 e. The first-order valence-electron chi connectivity index (χ1n) is 6.38. The van der Waals surface area contributed by atoms with E-state index in [-0.39, 0.29) is 22.8 Å². The number of para-hydroxylation sites is 1. The summed E-state index contributed by atoms with van der Waals surface area (Å²) in [7, 11) is 1.64. The summed E-state index contributed by atoms with van der Waals surface area (Å²) in [5, 5.41) is 11.1. The van der Waals surface area contributed by atoms with Crippen molar-refractivity contribution in [3.8, 4) is 0 Å². The zero-order chi connectivity index (χ0) is 15.3. The molecular weight excluding hydrogens is 260 g/mol. The molecule has 7 heteroatoms. The molecule has 1 aromatic carbocycles. The topological polar surface area (TPSA) is 102 Å². The standard InChI is InChI=1S/C13H20N4O3/c1-9(2)7-8-16(3)13(18)10-5-4-6-11(15-14)12(10)17(19)20/h4-6,9,15H,7-8,14H2,1-3H3. The highest BCUT2D eigenvalue weighted by Gasteiger charge is 2.26. The van der Waals surface area contributed by atoms with Crippen LogP contribution < -0.4 is 11.3 Å². The van der Waals surface area contributed by atoms with Crippen molar-refractivity contribution in [2.24, 2.45) is 11.8 Å². The van der Waals surface area contributed by atoms with E-state index in [0.717, 1.165) is 6.42 Å². The van der Waals surface area contributed by atoms with Crippen molar-refractivity contribution in [3.63, 3.8) is 0 Å². The predicted molar refractivity (Wildman–Crippen MR) is 77.3 cm³/mol. The SMILES string of the molecule is CC(C)CCN(C)C(=O)c1cccc(NN)c1[N+](=O)[O-]. The molecule has 1 aromatic rings. The Kier molecular flexibility index (Phi) is 5.45. The summed E-state index contributed by atoms with van der Waals surface area (Å²) in [5.74, 6) is 5.33. The Morgan fingerprint density at radius 1 is 1.50 bits per heavy atom. The summed E-state index contributed by atoms with van der Waals surface area (Å²) in [6, 6.07) is 4.46. The number of carbonyl (C=O) groups is 1. The number of hydrogen-bond donors (Lipinski definition) is 2. The molecule has 0 aromatic heterocycles. The molecule has 0 aliphatic carbocycles. The van der Waals surface area contributed by atoms with Crippen LogP contribution in [0.1, 0.15) is 30.6 Å². The fraction of sp³-hybridized carbons (Fsp3) is 0.462. The summed E-state index contributed by atoms with van der Waals surface area (Å²) in [6.07, 6.45) is 0.838. The summed E-state index contributed by atoms with van der Waals surface area (Å²) in [4.78, 5) is 24.3. The third-order valence-electron chi connectivity index (χ3n) is 2.99. The van der Waals surface area contributed by atoms with Gasteiger partial charge in [-0.25, -0.2) is 0 Å². The molecule has 0 aliphatic rings. The van der Waals surface area contributed by atoms with Crippen LogP contribution in [0.15, 0.2) is 18.2 Å². The van der Waals surface area contributed by atoms with Crippen molar-refractivity contribution < 1.29 is 9.72 Å². The van der Waals surface area contributed by atoms with Gasteiger partial charge in [-0.2, -0.15) is 0 Å². The fourth-order valence-electron chi connectivity index (χ4n) is 1.79. The van der Waals surface area contributed by atoms with Crippen molar-refractivity contribution in [1.29, 1.82) is 0 Å². The second-order valence-corrected chi connectivity index (χ2v) is 5.01. The molecule has 0 atom stereocenters. The highest BCUT2D eigenvalue weighted by atomic mass is 16.6. The van der Waals surface area contributed by atoms with Crippen molar-refractivity contribution in [1.82, 2.24) is 4.90 Å². The van der Waals surface area contributed by atoms with Gasteiger partial charge in [-0.15, -0.1) is 0 Å². The highest BCUT2D eigenvalue weighted by molar-refractivity contribution is 6.00. The number of nitrogen functional groups attached to an aromatic ring is 1. The van der Waals surface area contributed by atoms with Crippen molar-refractivity contribution in [2.45, 2.75) is 20.3 Å². The van der Waals surface area contributed by atoms with E-state index in [1.54, 1.807) is 13.1 Å². The van der Waals surface area contributed by atoms with Gasteiger partial charge in [0, 0.05) is 13.6 Å². The zero-order valence-corrected chi connectivity index (χ0v) is 11.9. The Bertz CT molecular complexity index is 502. The number of nitrogens with two attached hydrogens (primary N) is 1. The minimum atomic E-state index is -0.598. The average molecular weight is 280 g/mol. The summed E-state index contributed by atoms with van der Waals surface area (Å²) < 4.78 is 0. The quantitative estimate of drug-likeness (QED) is 0.471. The molecule has 0 saturated carbocycles. The lowest BCUT2D eigenvalue weighted by Gasteiger charge is -2.18. The molecule has 0 radical (unpaired) electrons. The maximum absolute atomic E-state index is 12.3. The van der Waals surface area contributed by atoms with Gasteiger partial charge in [-0.05, 0) is 24.5 Å². The molecule has 0 bridgehead atoms. The fourth-order valence-corrected chi connectivity index (χ4v) is 1.79. The predicted octanol–water partition coefficient (Wildman–Crippen LogP) is 2.00. The van der Waals surface area contributed by atoms with E-state index in [9.17, 15) is 14.9 Å². The van der Waals surface area contributed by atoms with Gasteiger partial charge in [0.1, 0.15) is 11.3 Å². The number of benzene rings is 1. The number of rotatable bonds is 6. The Balaban J connectivity index is 3.06. The van der Waals surface area contributed by atoms with Crippen LogP contribution in [0.3, 0.4) is 0 Å².